The van der Waals surface area contributed by atoms with Crippen LogP contribution < -0.4 is 5.32 Å². The summed E-state index contributed by atoms with van der Waals surface area (Å²) >= 11 is 0. The Morgan fingerprint density at radius 2 is 2.12 bits per heavy atom. The highest BCUT2D eigenvalue weighted by molar-refractivity contribution is 5.24. The second kappa shape index (κ2) is 4.58. The summed E-state index contributed by atoms with van der Waals surface area (Å²) in [6.45, 7) is 8.55. The number of aromatic nitrogens is 1. The fourth-order valence-corrected chi connectivity index (χ4v) is 2.91. The fraction of sp³-hybridized carbons (Fsp3) is 0.769. The summed E-state index contributed by atoms with van der Waals surface area (Å²) in [4.78, 5) is 0. The Balaban J connectivity index is 2.05. The monoisotopic (exact) mass is 222 g/mol. The van der Waals surface area contributed by atoms with Crippen molar-refractivity contribution in [3.05, 3.63) is 17.0 Å². The van der Waals surface area contributed by atoms with E-state index in [1.807, 2.05) is 13.8 Å². The molecule has 1 N–H and O–H groups in total. The van der Waals surface area contributed by atoms with Crippen molar-refractivity contribution in [2.24, 2.45) is 5.92 Å². The average Bonchev–Trinajstić information content (AvgIpc) is 2.75. The van der Waals surface area contributed by atoms with Crippen molar-refractivity contribution < 1.29 is 4.52 Å². The Hall–Kier alpha value is -0.830. The molecule has 0 amide bonds. The molecule has 0 spiro atoms. The van der Waals surface area contributed by atoms with Crippen LogP contribution in [0.4, 0.5) is 0 Å². The number of rotatable bonds is 3. The molecule has 3 atom stereocenters. The molecular weight excluding hydrogens is 200 g/mol. The van der Waals surface area contributed by atoms with Crippen LogP contribution in [0.15, 0.2) is 4.52 Å². The third-order valence-corrected chi connectivity index (χ3v) is 3.85. The van der Waals surface area contributed by atoms with Crippen molar-refractivity contribution in [1.82, 2.24) is 10.5 Å². The number of nitrogens with zero attached hydrogens (tertiary/aromatic N) is 1. The van der Waals surface area contributed by atoms with Gasteiger partial charge in [0.05, 0.1) is 5.69 Å². The maximum atomic E-state index is 5.22. The number of aryl methyl sites for hydroxylation is 2. The first kappa shape index (κ1) is 11.6. The van der Waals surface area contributed by atoms with Gasteiger partial charge in [-0.15, -0.1) is 0 Å². The maximum Gasteiger partial charge on any atom is 0.138 e. The first-order valence-corrected chi connectivity index (χ1v) is 6.28. The van der Waals surface area contributed by atoms with Crippen LogP contribution in [0.25, 0.3) is 0 Å². The molecule has 0 bridgehead atoms. The van der Waals surface area contributed by atoms with Gasteiger partial charge in [0.2, 0.25) is 0 Å². The quantitative estimate of drug-likeness (QED) is 0.853. The molecule has 0 saturated heterocycles. The molecule has 0 aliphatic heterocycles. The summed E-state index contributed by atoms with van der Waals surface area (Å²) in [6.07, 6.45) is 4.01. The second-order valence-electron chi connectivity index (χ2n) is 5.14. The van der Waals surface area contributed by atoms with E-state index < -0.39 is 0 Å². The highest BCUT2D eigenvalue weighted by atomic mass is 16.5. The normalized spacial score (nSPS) is 27.2. The van der Waals surface area contributed by atoms with Crippen molar-refractivity contribution >= 4 is 0 Å². The zero-order valence-electron chi connectivity index (χ0n) is 10.7. The number of hydrogen-bond donors (Lipinski definition) is 1. The van der Waals surface area contributed by atoms with E-state index in [4.69, 9.17) is 4.52 Å². The Kier molecular flexibility index (Phi) is 3.33. The van der Waals surface area contributed by atoms with Crippen molar-refractivity contribution in [3.8, 4) is 0 Å². The predicted octanol–water partition coefficient (Wildman–Crippen LogP) is 3.13. The highest BCUT2D eigenvalue weighted by Crippen LogP contribution is 2.28. The lowest BCUT2D eigenvalue weighted by atomic mass is 10.0. The zero-order chi connectivity index (χ0) is 11.7. The van der Waals surface area contributed by atoms with E-state index >= 15 is 0 Å². The molecule has 3 heteroatoms. The van der Waals surface area contributed by atoms with Gasteiger partial charge in [-0.1, -0.05) is 18.5 Å². The Bertz CT molecular complexity index is 339. The van der Waals surface area contributed by atoms with Crippen LogP contribution in [0, 0.1) is 19.8 Å². The number of hydrogen-bond acceptors (Lipinski definition) is 3. The van der Waals surface area contributed by atoms with Gasteiger partial charge in [-0.25, -0.2) is 0 Å². The van der Waals surface area contributed by atoms with E-state index in [0.29, 0.717) is 12.1 Å². The van der Waals surface area contributed by atoms with Crippen molar-refractivity contribution in [3.63, 3.8) is 0 Å². The smallest absolute Gasteiger partial charge is 0.138 e. The van der Waals surface area contributed by atoms with Gasteiger partial charge in [-0.2, -0.15) is 0 Å². The SMILES string of the molecule is Cc1noc(C)c1C(C)NC1CCCC1C. The summed E-state index contributed by atoms with van der Waals surface area (Å²) in [7, 11) is 0. The Morgan fingerprint density at radius 1 is 1.38 bits per heavy atom. The topological polar surface area (TPSA) is 38.1 Å². The van der Waals surface area contributed by atoms with E-state index in [1.54, 1.807) is 0 Å². The van der Waals surface area contributed by atoms with Gasteiger partial charge in [0.25, 0.3) is 0 Å². The van der Waals surface area contributed by atoms with Gasteiger partial charge in [0.1, 0.15) is 5.76 Å². The molecule has 90 valence electrons. The minimum absolute atomic E-state index is 0.344. The molecule has 1 aliphatic carbocycles. The first-order valence-electron chi connectivity index (χ1n) is 6.28. The van der Waals surface area contributed by atoms with Gasteiger partial charge in [-0.05, 0) is 39.5 Å². The van der Waals surface area contributed by atoms with Crippen molar-refractivity contribution in [2.75, 3.05) is 0 Å². The summed E-state index contributed by atoms with van der Waals surface area (Å²) in [5.74, 6) is 1.74. The van der Waals surface area contributed by atoms with Crippen LogP contribution in [0.3, 0.4) is 0 Å². The summed E-state index contributed by atoms with van der Waals surface area (Å²) in [5, 5.41) is 7.73. The van der Waals surface area contributed by atoms with E-state index in [2.05, 4.69) is 24.3 Å². The van der Waals surface area contributed by atoms with Crippen LogP contribution in [-0.4, -0.2) is 11.2 Å². The molecule has 1 heterocycles. The molecule has 2 rings (SSSR count). The predicted molar refractivity (Wildman–Crippen MR) is 64.3 cm³/mol. The lowest BCUT2D eigenvalue weighted by molar-refractivity contribution is 0.376. The van der Waals surface area contributed by atoms with Crippen molar-refractivity contribution in [2.45, 2.75) is 59.0 Å². The van der Waals surface area contributed by atoms with E-state index in [0.717, 1.165) is 17.4 Å². The average molecular weight is 222 g/mol. The van der Waals surface area contributed by atoms with E-state index in [1.165, 1.54) is 24.8 Å². The maximum absolute atomic E-state index is 5.22. The molecule has 0 radical (unpaired) electrons. The molecule has 1 aromatic heterocycles. The van der Waals surface area contributed by atoms with Crippen LogP contribution in [-0.2, 0) is 0 Å². The molecule has 1 aromatic rings. The molecule has 1 saturated carbocycles. The summed E-state index contributed by atoms with van der Waals surface area (Å²) in [5.41, 5.74) is 2.25. The van der Waals surface area contributed by atoms with Gasteiger partial charge < -0.3 is 9.84 Å². The Labute approximate surface area is 97.6 Å². The molecule has 16 heavy (non-hydrogen) atoms. The standard InChI is InChI=1S/C13H22N2O/c1-8-6-5-7-12(8)14-9(2)13-10(3)15-16-11(13)4/h8-9,12,14H,5-7H2,1-4H3. The fourth-order valence-electron chi connectivity index (χ4n) is 2.91. The van der Waals surface area contributed by atoms with Gasteiger partial charge in [0.15, 0.2) is 0 Å². The molecule has 3 unspecified atom stereocenters. The molecule has 1 aliphatic rings. The first-order chi connectivity index (χ1) is 7.59. The third-order valence-electron chi connectivity index (χ3n) is 3.85. The van der Waals surface area contributed by atoms with Crippen LogP contribution in [0.5, 0.6) is 0 Å². The van der Waals surface area contributed by atoms with E-state index in [9.17, 15) is 0 Å². The minimum Gasteiger partial charge on any atom is -0.361 e. The summed E-state index contributed by atoms with van der Waals surface area (Å²) in [6, 6.07) is 1.00. The zero-order valence-corrected chi connectivity index (χ0v) is 10.7. The van der Waals surface area contributed by atoms with E-state index in [-0.39, 0.29) is 0 Å². The van der Waals surface area contributed by atoms with Crippen LogP contribution >= 0.6 is 0 Å². The third kappa shape index (κ3) is 2.14. The summed E-state index contributed by atoms with van der Waals surface area (Å²) < 4.78 is 5.22. The molecule has 0 aromatic carbocycles. The second-order valence-corrected chi connectivity index (χ2v) is 5.14. The molecular formula is C13H22N2O. The van der Waals surface area contributed by atoms with Gasteiger partial charge in [-0.3, -0.25) is 0 Å². The molecule has 3 nitrogen and oxygen atoms in total. The lowest BCUT2D eigenvalue weighted by Crippen LogP contribution is -2.33. The van der Waals surface area contributed by atoms with Crippen LogP contribution in [0.2, 0.25) is 0 Å². The highest BCUT2D eigenvalue weighted by Gasteiger charge is 2.26. The Morgan fingerprint density at radius 3 is 2.62 bits per heavy atom. The lowest BCUT2D eigenvalue weighted by Gasteiger charge is -2.22. The largest absolute Gasteiger partial charge is 0.361 e. The molecule has 1 fully saturated rings. The van der Waals surface area contributed by atoms with Gasteiger partial charge >= 0.3 is 0 Å². The minimum atomic E-state index is 0.344. The number of nitrogens with one attached hydrogen (secondary N) is 1. The van der Waals surface area contributed by atoms with Crippen molar-refractivity contribution in [1.29, 1.82) is 0 Å². The van der Waals surface area contributed by atoms with Gasteiger partial charge in [0, 0.05) is 17.6 Å². The van der Waals surface area contributed by atoms with Crippen LogP contribution in [0.1, 0.15) is 56.2 Å².